The van der Waals surface area contributed by atoms with Crippen molar-refractivity contribution >= 4 is 5.91 Å². The summed E-state index contributed by atoms with van der Waals surface area (Å²) in [5, 5.41) is 8.81. The van der Waals surface area contributed by atoms with E-state index in [2.05, 4.69) is 10.3 Å². The lowest BCUT2D eigenvalue weighted by molar-refractivity contribution is -0.138. The second kappa shape index (κ2) is 4.92. The Morgan fingerprint density at radius 2 is 2.25 bits per heavy atom. The molecule has 16 heavy (non-hydrogen) atoms. The third-order valence-corrected chi connectivity index (χ3v) is 1.59. The Hall–Kier alpha value is -1.64. The molecular formula is C7H10F3N5O. The van der Waals surface area contributed by atoms with Crippen LogP contribution in [0.5, 0.6) is 0 Å². The number of aromatic nitrogens is 3. The van der Waals surface area contributed by atoms with Gasteiger partial charge in [-0.2, -0.15) is 13.2 Å². The lowest BCUT2D eigenvalue weighted by atomic mass is 10.5. The van der Waals surface area contributed by atoms with Crippen molar-refractivity contribution in [2.24, 2.45) is 5.73 Å². The van der Waals surface area contributed by atoms with Crippen LogP contribution in [0.15, 0.2) is 6.20 Å². The van der Waals surface area contributed by atoms with Crippen molar-refractivity contribution in [2.75, 3.05) is 6.54 Å². The standard InChI is InChI=1S/C7H10F3N5O/c8-7(9,10)4-12-6(16)3-15-2-5(1-11)13-14-15/h2H,1,3-4,11H2,(H,12,16). The fourth-order valence-corrected chi connectivity index (χ4v) is 0.911. The fourth-order valence-electron chi connectivity index (χ4n) is 0.911. The van der Waals surface area contributed by atoms with E-state index < -0.39 is 18.6 Å². The minimum Gasteiger partial charge on any atom is -0.345 e. The lowest BCUT2D eigenvalue weighted by Crippen LogP contribution is -2.35. The zero-order valence-corrected chi connectivity index (χ0v) is 8.16. The molecule has 0 spiro atoms. The number of nitrogens with one attached hydrogen (secondary N) is 1. The summed E-state index contributed by atoms with van der Waals surface area (Å²) in [6, 6.07) is 0. The number of amides is 1. The molecule has 0 unspecified atom stereocenters. The zero-order chi connectivity index (χ0) is 12.2. The molecule has 0 aromatic carbocycles. The number of carbonyl (C=O) groups is 1. The summed E-state index contributed by atoms with van der Waals surface area (Å²) in [6.45, 7) is -1.52. The highest BCUT2D eigenvalue weighted by Gasteiger charge is 2.27. The molecule has 1 aromatic rings. The van der Waals surface area contributed by atoms with Gasteiger partial charge in [-0.1, -0.05) is 5.21 Å². The molecule has 1 heterocycles. The quantitative estimate of drug-likeness (QED) is 0.733. The van der Waals surface area contributed by atoms with Gasteiger partial charge >= 0.3 is 6.18 Å². The Bertz CT molecular complexity index is 361. The lowest BCUT2D eigenvalue weighted by Gasteiger charge is -2.07. The van der Waals surface area contributed by atoms with E-state index in [1.54, 1.807) is 5.32 Å². The van der Waals surface area contributed by atoms with Crippen molar-refractivity contribution in [3.63, 3.8) is 0 Å². The summed E-state index contributed by atoms with van der Waals surface area (Å²) in [4.78, 5) is 11.0. The molecular weight excluding hydrogens is 227 g/mol. The van der Waals surface area contributed by atoms with Crippen molar-refractivity contribution in [3.8, 4) is 0 Å². The topological polar surface area (TPSA) is 85.8 Å². The molecule has 0 saturated carbocycles. The summed E-state index contributed by atoms with van der Waals surface area (Å²) in [5.41, 5.74) is 5.71. The van der Waals surface area contributed by atoms with Crippen LogP contribution in [0.25, 0.3) is 0 Å². The van der Waals surface area contributed by atoms with E-state index in [-0.39, 0.29) is 13.1 Å². The number of halogens is 3. The van der Waals surface area contributed by atoms with Crippen LogP contribution >= 0.6 is 0 Å². The van der Waals surface area contributed by atoms with Crippen LogP contribution in [0.3, 0.4) is 0 Å². The zero-order valence-electron chi connectivity index (χ0n) is 8.16. The Morgan fingerprint density at radius 1 is 1.56 bits per heavy atom. The average Bonchev–Trinajstić information content (AvgIpc) is 2.61. The predicted molar refractivity (Wildman–Crippen MR) is 47.0 cm³/mol. The normalized spacial score (nSPS) is 11.5. The van der Waals surface area contributed by atoms with Crippen LogP contribution in [0, 0.1) is 0 Å². The van der Waals surface area contributed by atoms with E-state index in [4.69, 9.17) is 5.73 Å². The van der Waals surface area contributed by atoms with E-state index in [9.17, 15) is 18.0 Å². The third kappa shape index (κ3) is 4.26. The van der Waals surface area contributed by atoms with Gasteiger partial charge in [-0.3, -0.25) is 4.79 Å². The van der Waals surface area contributed by atoms with E-state index in [0.717, 1.165) is 4.68 Å². The molecule has 1 aromatic heterocycles. The monoisotopic (exact) mass is 237 g/mol. The molecule has 0 saturated heterocycles. The van der Waals surface area contributed by atoms with Crippen molar-refractivity contribution < 1.29 is 18.0 Å². The first-order valence-electron chi connectivity index (χ1n) is 4.33. The summed E-state index contributed by atoms with van der Waals surface area (Å²) in [5.74, 6) is -0.786. The van der Waals surface area contributed by atoms with Crippen LogP contribution in [0.1, 0.15) is 5.69 Å². The Morgan fingerprint density at radius 3 is 2.75 bits per heavy atom. The number of hydrogen-bond donors (Lipinski definition) is 2. The Kier molecular flexibility index (Phi) is 3.82. The summed E-state index contributed by atoms with van der Waals surface area (Å²) >= 11 is 0. The SMILES string of the molecule is NCc1cn(CC(=O)NCC(F)(F)F)nn1. The van der Waals surface area contributed by atoms with Gasteiger partial charge in [0.25, 0.3) is 0 Å². The summed E-state index contributed by atoms with van der Waals surface area (Å²) in [6.07, 6.45) is -3.02. The minimum atomic E-state index is -4.42. The largest absolute Gasteiger partial charge is 0.405 e. The van der Waals surface area contributed by atoms with Crippen LogP contribution < -0.4 is 11.1 Å². The second-order valence-corrected chi connectivity index (χ2v) is 3.00. The summed E-state index contributed by atoms with van der Waals surface area (Å²) < 4.78 is 36.4. The van der Waals surface area contributed by atoms with Crippen LogP contribution in [0.2, 0.25) is 0 Å². The van der Waals surface area contributed by atoms with E-state index >= 15 is 0 Å². The van der Waals surface area contributed by atoms with E-state index in [0.29, 0.717) is 5.69 Å². The number of carbonyl (C=O) groups excluding carboxylic acids is 1. The van der Waals surface area contributed by atoms with Gasteiger partial charge in [-0.05, 0) is 0 Å². The van der Waals surface area contributed by atoms with Gasteiger partial charge in [0.15, 0.2) is 0 Å². The highest BCUT2D eigenvalue weighted by molar-refractivity contribution is 5.75. The maximum absolute atomic E-state index is 11.7. The first-order valence-corrected chi connectivity index (χ1v) is 4.33. The van der Waals surface area contributed by atoms with Gasteiger partial charge in [-0.15, -0.1) is 5.10 Å². The molecule has 0 radical (unpaired) electrons. The van der Waals surface area contributed by atoms with Gasteiger partial charge < -0.3 is 11.1 Å². The average molecular weight is 237 g/mol. The predicted octanol–water partition coefficient (Wildman–Crippen LogP) is -0.585. The minimum absolute atomic E-state index is 0.157. The third-order valence-electron chi connectivity index (χ3n) is 1.59. The fraction of sp³-hybridized carbons (Fsp3) is 0.571. The summed E-state index contributed by atoms with van der Waals surface area (Å²) in [7, 11) is 0. The van der Waals surface area contributed by atoms with Gasteiger partial charge in [0.05, 0.1) is 11.9 Å². The van der Waals surface area contributed by atoms with Crippen LogP contribution in [-0.4, -0.2) is 33.6 Å². The molecule has 9 heteroatoms. The second-order valence-electron chi connectivity index (χ2n) is 3.00. The van der Waals surface area contributed by atoms with E-state index in [1.807, 2.05) is 0 Å². The number of rotatable bonds is 4. The molecule has 0 aliphatic rings. The number of alkyl halides is 3. The van der Waals surface area contributed by atoms with Gasteiger partial charge in [0, 0.05) is 6.54 Å². The Labute approximate surface area is 88.6 Å². The maximum atomic E-state index is 11.7. The molecule has 3 N–H and O–H groups in total. The smallest absolute Gasteiger partial charge is 0.345 e. The molecule has 90 valence electrons. The van der Waals surface area contributed by atoms with Gasteiger partial charge in [-0.25, -0.2) is 4.68 Å². The number of nitrogens with zero attached hydrogens (tertiary/aromatic N) is 3. The highest BCUT2D eigenvalue weighted by Crippen LogP contribution is 2.11. The molecule has 0 atom stereocenters. The maximum Gasteiger partial charge on any atom is 0.405 e. The van der Waals surface area contributed by atoms with Crippen LogP contribution in [-0.2, 0) is 17.9 Å². The number of nitrogens with two attached hydrogens (primary N) is 1. The Balaban J connectivity index is 2.40. The van der Waals surface area contributed by atoms with Crippen molar-refractivity contribution in [2.45, 2.75) is 19.3 Å². The molecule has 0 bridgehead atoms. The molecule has 6 nitrogen and oxygen atoms in total. The molecule has 0 aliphatic heterocycles. The van der Waals surface area contributed by atoms with Crippen LogP contribution in [0.4, 0.5) is 13.2 Å². The van der Waals surface area contributed by atoms with Crippen molar-refractivity contribution in [1.82, 2.24) is 20.3 Å². The van der Waals surface area contributed by atoms with E-state index in [1.165, 1.54) is 6.20 Å². The number of hydrogen-bond acceptors (Lipinski definition) is 4. The van der Waals surface area contributed by atoms with Crippen molar-refractivity contribution in [3.05, 3.63) is 11.9 Å². The van der Waals surface area contributed by atoms with Gasteiger partial charge in [0.1, 0.15) is 13.1 Å². The first kappa shape index (κ1) is 12.4. The molecule has 1 rings (SSSR count). The molecule has 0 aliphatic carbocycles. The van der Waals surface area contributed by atoms with Crippen molar-refractivity contribution in [1.29, 1.82) is 0 Å². The molecule has 1 amide bonds. The molecule has 0 fully saturated rings. The van der Waals surface area contributed by atoms with Gasteiger partial charge in [0.2, 0.25) is 5.91 Å². The highest BCUT2D eigenvalue weighted by atomic mass is 19.4. The first-order chi connectivity index (χ1) is 7.40.